The molecule has 1 aliphatic heterocycles. The zero-order valence-electron chi connectivity index (χ0n) is 17.5. The Labute approximate surface area is 177 Å². The molecule has 1 aliphatic rings. The molecule has 0 spiro atoms. The highest BCUT2D eigenvalue weighted by Crippen LogP contribution is 2.16. The van der Waals surface area contributed by atoms with Crippen molar-refractivity contribution in [3.05, 3.63) is 53.7 Å². The molecule has 2 heterocycles. The number of hydrogen-bond donors (Lipinski definition) is 2. The lowest BCUT2D eigenvalue weighted by Crippen LogP contribution is -2.41. The quantitative estimate of drug-likeness (QED) is 0.351. The molecule has 164 valence electrons. The second-order valence-electron chi connectivity index (χ2n) is 7.15. The van der Waals surface area contributed by atoms with Crippen LogP contribution in [0.15, 0.2) is 46.0 Å². The van der Waals surface area contributed by atoms with Gasteiger partial charge < -0.3 is 24.5 Å². The first-order chi connectivity index (χ1) is 14.7. The molecule has 1 aromatic heterocycles. The average molecular weight is 419 g/mol. The van der Waals surface area contributed by atoms with Crippen LogP contribution in [0.1, 0.15) is 17.7 Å². The highest BCUT2D eigenvalue weighted by Gasteiger charge is 2.09. The van der Waals surface area contributed by atoms with Gasteiger partial charge in [-0.25, -0.2) is 9.38 Å². The number of aliphatic imine (C=N–C) groups is 1. The zero-order valence-corrected chi connectivity index (χ0v) is 17.5. The summed E-state index contributed by atoms with van der Waals surface area (Å²) in [6.07, 6.45) is 3.44. The maximum absolute atomic E-state index is 13.7. The van der Waals surface area contributed by atoms with Crippen molar-refractivity contribution in [2.75, 3.05) is 53.0 Å². The molecule has 1 fully saturated rings. The van der Waals surface area contributed by atoms with Gasteiger partial charge in [-0.15, -0.1) is 0 Å². The van der Waals surface area contributed by atoms with Gasteiger partial charge in [-0.3, -0.25) is 4.90 Å². The Bertz CT molecular complexity index is 777. The van der Waals surface area contributed by atoms with Crippen LogP contribution < -0.4 is 15.4 Å². The fraction of sp³-hybridized carbons (Fsp3) is 0.500. The molecular formula is C22H31FN4O3. The van der Waals surface area contributed by atoms with Gasteiger partial charge in [0.2, 0.25) is 0 Å². The van der Waals surface area contributed by atoms with Gasteiger partial charge in [0.25, 0.3) is 0 Å². The van der Waals surface area contributed by atoms with Crippen LogP contribution in [0.4, 0.5) is 4.39 Å². The van der Waals surface area contributed by atoms with Gasteiger partial charge >= 0.3 is 0 Å². The number of nitrogens with zero attached hydrogens (tertiary/aromatic N) is 2. The lowest BCUT2D eigenvalue weighted by atomic mass is 10.2. The predicted molar refractivity (Wildman–Crippen MR) is 114 cm³/mol. The summed E-state index contributed by atoms with van der Waals surface area (Å²) >= 11 is 0. The van der Waals surface area contributed by atoms with E-state index in [1.807, 2.05) is 12.1 Å². The Balaban J connectivity index is 1.51. The van der Waals surface area contributed by atoms with E-state index in [9.17, 15) is 4.39 Å². The number of hydrogen-bond acceptors (Lipinski definition) is 5. The van der Waals surface area contributed by atoms with Gasteiger partial charge in [-0.2, -0.15) is 0 Å². The van der Waals surface area contributed by atoms with Crippen LogP contribution in [0.3, 0.4) is 0 Å². The Hall–Kier alpha value is -2.58. The number of guanidine groups is 1. The smallest absolute Gasteiger partial charge is 0.191 e. The van der Waals surface area contributed by atoms with Crippen molar-refractivity contribution >= 4 is 5.96 Å². The first kappa shape index (κ1) is 22.1. The van der Waals surface area contributed by atoms with E-state index in [0.29, 0.717) is 24.8 Å². The van der Waals surface area contributed by atoms with Crippen molar-refractivity contribution in [3.63, 3.8) is 0 Å². The summed E-state index contributed by atoms with van der Waals surface area (Å²) in [7, 11) is 1.53. The molecule has 1 saturated heterocycles. The van der Waals surface area contributed by atoms with E-state index in [4.69, 9.17) is 13.9 Å². The van der Waals surface area contributed by atoms with Gasteiger partial charge in [-0.05, 0) is 42.8 Å². The summed E-state index contributed by atoms with van der Waals surface area (Å²) in [6, 6.07) is 8.47. The molecule has 2 aromatic rings. The normalized spacial score (nSPS) is 15.2. The van der Waals surface area contributed by atoms with Gasteiger partial charge in [0.05, 0.1) is 33.1 Å². The first-order valence-electron chi connectivity index (χ1n) is 10.4. The van der Waals surface area contributed by atoms with Crippen LogP contribution in [0.5, 0.6) is 5.75 Å². The zero-order chi connectivity index (χ0) is 21.0. The third-order valence-electron chi connectivity index (χ3n) is 4.88. The Morgan fingerprint density at radius 2 is 2.03 bits per heavy atom. The van der Waals surface area contributed by atoms with Crippen molar-refractivity contribution in [2.24, 2.45) is 4.99 Å². The molecule has 0 bridgehead atoms. The van der Waals surface area contributed by atoms with E-state index in [0.717, 1.165) is 63.6 Å². The minimum Gasteiger partial charge on any atom is -0.497 e. The SMILES string of the molecule is COc1cc(F)cc(CN=C(NCCCN2CCOCC2)NCCc2ccco2)c1. The number of morpholine rings is 1. The molecule has 8 heteroatoms. The van der Waals surface area contributed by atoms with Gasteiger partial charge in [0.15, 0.2) is 5.96 Å². The summed E-state index contributed by atoms with van der Waals surface area (Å²) in [4.78, 5) is 7.03. The number of benzene rings is 1. The topological polar surface area (TPSA) is 71.3 Å². The summed E-state index contributed by atoms with van der Waals surface area (Å²) in [6.45, 7) is 6.47. The van der Waals surface area contributed by atoms with Gasteiger partial charge in [0.1, 0.15) is 17.3 Å². The van der Waals surface area contributed by atoms with Crippen LogP contribution in [0, 0.1) is 5.82 Å². The molecule has 0 amide bonds. The highest BCUT2D eigenvalue weighted by molar-refractivity contribution is 5.79. The molecule has 0 atom stereocenters. The minimum absolute atomic E-state index is 0.328. The molecular weight excluding hydrogens is 387 g/mol. The molecule has 0 aliphatic carbocycles. The second kappa shape index (κ2) is 12.2. The maximum Gasteiger partial charge on any atom is 0.191 e. The standard InChI is InChI=1S/C22H31FN4O3/c1-28-21-15-18(14-19(23)16-21)17-26-22(25-7-5-20-4-2-11-30-20)24-6-3-8-27-9-12-29-13-10-27/h2,4,11,14-16H,3,5-10,12-13,17H2,1H3,(H2,24,25,26). The van der Waals surface area contributed by atoms with Crippen LogP contribution in [-0.2, 0) is 17.7 Å². The van der Waals surface area contributed by atoms with E-state index in [2.05, 4.69) is 20.5 Å². The number of nitrogens with one attached hydrogen (secondary N) is 2. The molecule has 0 radical (unpaired) electrons. The largest absolute Gasteiger partial charge is 0.497 e. The van der Waals surface area contributed by atoms with Crippen LogP contribution in [0.25, 0.3) is 0 Å². The predicted octanol–water partition coefficient (Wildman–Crippen LogP) is 2.43. The lowest BCUT2D eigenvalue weighted by molar-refractivity contribution is 0.0376. The second-order valence-corrected chi connectivity index (χ2v) is 7.15. The van der Waals surface area contributed by atoms with Gasteiger partial charge in [-0.1, -0.05) is 0 Å². The molecule has 0 saturated carbocycles. The summed E-state index contributed by atoms with van der Waals surface area (Å²) in [5.74, 6) is 1.78. The molecule has 2 N–H and O–H groups in total. The Morgan fingerprint density at radius 1 is 1.20 bits per heavy atom. The Kier molecular flexibility index (Phi) is 8.99. The monoisotopic (exact) mass is 418 g/mol. The highest BCUT2D eigenvalue weighted by atomic mass is 19.1. The van der Waals surface area contributed by atoms with Crippen molar-refractivity contribution in [3.8, 4) is 5.75 Å². The summed E-state index contributed by atoms with van der Waals surface area (Å²) < 4.78 is 29.6. The van der Waals surface area contributed by atoms with Crippen LogP contribution in [-0.4, -0.2) is 63.9 Å². The summed E-state index contributed by atoms with van der Waals surface area (Å²) in [5, 5.41) is 6.71. The average Bonchev–Trinajstić information content (AvgIpc) is 3.28. The Morgan fingerprint density at radius 3 is 2.80 bits per heavy atom. The van der Waals surface area contributed by atoms with Crippen molar-refractivity contribution < 1.29 is 18.3 Å². The van der Waals surface area contributed by atoms with E-state index in [-0.39, 0.29) is 5.82 Å². The number of furan rings is 1. The van der Waals surface area contributed by atoms with Crippen LogP contribution in [0.2, 0.25) is 0 Å². The first-order valence-corrected chi connectivity index (χ1v) is 10.4. The third-order valence-corrected chi connectivity index (χ3v) is 4.88. The number of ether oxygens (including phenoxy) is 2. The van der Waals surface area contributed by atoms with E-state index < -0.39 is 0 Å². The molecule has 0 unspecified atom stereocenters. The fourth-order valence-electron chi connectivity index (χ4n) is 3.27. The summed E-state index contributed by atoms with van der Waals surface area (Å²) in [5.41, 5.74) is 0.757. The van der Waals surface area contributed by atoms with Crippen molar-refractivity contribution in [1.82, 2.24) is 15.5 Å². The van der Waals surface area contributed by atoms with Crippen molar-refractivity contribution in [1.29, 1.82) is 0 Å². The van der Waals surface area contributed by atoms with E-state index in [1.54, 1.807) is 12.3 Å². The number of rotatable bonds is 10. The lowest BCUT2D eigenvalue weighted by Gasteiger charge is -2.26. The molecule has 1 aromatic carbocycles. The van der Waals surface area contributed by atoms with E-state index in [1.165, 1.54) is 19.2 Å². The number of methoxy groups -OCH3 is 1. The van der Waals surface area contributed by atoms with Crippen molar-refractivity contribution in [2.45, 2.75) is 19.4 Å². The van der Waals surface area contributed by atoms with Gasteiger partial charge in [0, 0.05) is 38.7 Å². The van der Waals surface area contributed by atoms with E-state index >= 15 is 0 Å². The minimum atomic E-state index is -0.328. The fourth-order valence-corrected chi connectivity index (χ4v) is 3.27. The molecule has 3 rings (SSSR count). The number of halogens is 1. The van der Waals surface area contributed by atoms with Crippen LogP contribution >= 0.6 is 0 Å². The molecule has 7 nitrogen and oxygen atoms in total. The third kappa shape index (κ3) is 7.68. The maximum atomic E-state index is 13.7. The molecule has 30 heavy (non-hydrogen) atoms.